The largest absolute Gasteiger partial charge is 0.377 e. The van der Waals surface area contributed by atoms with Crippen molar-refractivity contribution in [2.24, 2.45) is 0 Å². The molecule has 1 amide bonds. The highest BCUT2D eigenvalue weighted by Crippen LogP contribution is 2.13. The van der Waals surface area contributed by atoms with Crippen molar-refractivity contribution >= 4 is 11.6 Å². The molecule has 19 heavy (non-hydrogen) atoms. The third kappa shape index (κ3) is 4.65. The Kier molecular flexibility index (Phi) is 4.93. The third-order valence-electron chi connectivity index (χ3n) is 3.22. The lowest BCUT2D eigenvalue weighted by Gasteiger charge is -2.21. The van der Waals surface area contributed by atoms with Gasteiger partial charge >= 0.3 is 0 Å². The topological polar surface area (TPSA) is 41.6 Å². The summed E-state index contributed by atoms with van der Waals surface area (Å²) >= 11 is 0. The monoisotopic (exact) mass is 262 g/mol. The van der Waals surface area contributed by atoms with E-state index in [1.54, 1.807) is 0 Å². The minimum absolute atomic E-state index is 0.0359. The van der Waals surface area contributed by atoms with Crippen LogP contribution in [0.2, 0.25) is 0 Å². The van der Waals surface area contributed by atoms with Crippen LogP contribution in [0.25, 0.3) is 0 Å². The van der Waals surface area contributed by atoms with E-state index in [-0.39, 0.29) is 5.91 Å². The van der Waals surface area contributed by atoms with Crippen molar-refractivity contribution in [1.82, 2.24) is 4.90 Å². The molecule has 1 aromatic rings. The minimum Gasteiger partial charge on any atom is -0.377 e. The second-order valence-electron chi connectivity index (χ2n) is 5.15. The van der Waals surface area contributed by atoms with Crippen LogP contribution in [0.1, 0.15) is 25.8 Å². The fourth-order valence-corrected chi connectivity index (χ4v) is 2.38. The number of hydrogen-bond acceptors (Lipinski definition) is 3. The van der Waals surface area contributed by atoms with Crippen LogP contribution >= 0.6 is 0 Å². The molecule has 0 spiro atoms. The van der Waals surface area contributed by atoms with E-state index in [1.807, 2.05) is 12.1 Å². The first-order valence-corrected chi connectivity index (χ1v) is 6.84. The first-order valence-electron chi connectivity index (χ1n) is 6.84. The van der Waals surface area contributed by atoms with E-state index in [0.717, 1.165) is 38.3 Å². The summed E-state index contributed by atoms with van der Waals surface area (Å²) in [5.41, 5.74) is 2.12. The first-order chi connectivity index (χ1) is 9.13. The summed E-state index contributed by atoms with van der Waals surface area (Å²) in [5.74, 6) is -0.0359. The molecule has 2 rings (SSSR count). The zero-order chi connectivity index (χ0) is 13.7. The predicted molar refractivity (Wildman–Crippen MR) is 76.1 cm³/mol. The zero-order valence-electron chi connectivity index (χ0n) is 11.7. The molecule has 0 aliphatic carbocycles. The Morgan fingerprint density at radius 1 is 1.42 bits per heavy atom. The molecule has 4 heteroatoms. The van der Waals surface area contributed by atoms with Gasteiger partial charge in [0.15, 0.2) is 0 Å². The fraction of sp³-hybridized carbons (Fsp3) is 0.533. The fourth-order valence-electron chi connectivity index (χ4n) is 2.38. The van der Waals surface area contributed by atoms with Gasteiger partial charge < -0.3 is 10.1 Å². The molecule has 1 aliphatic rings. The summed E-state index contributed by atoms with van der Waals surface area (Å²) in [6, 6.07) is 8.05. The normalized spacial score (nSPS) is 20.8. The van der Waals surface area contributed by atoms with Gasteiger partial charge in [0.05, 0.1) is 6.10 Å². The smallest absolute Gasteiger partial charge is 0.221 e. The van der Waals surface area contributed by atoms with Crippen molar-refractivity contribution in [2.45, 2.75) is 32.9 Å². The van der Waals surface area contributed by atoms with Crippen LogP contribution in [0.4, 0.5) is 5.69 Å². The highest BCUT2D eigenvalue weighted by atomic mass is 16.5. The van der Waals surface area contributed by atoms with Crippen LogP contribution in [0.5, 0.6) is 0 Å². The van der Waals surface area contributed by atoms with Gasteiger partial charge in [-0.1, -0.05) is 12.1 Å². The summed E-state index contributed by atoms with van der Waals surface area (Å²) in [7, 11) is 0. The SMILES string of the molecule is CC(=O)Nc1ccc(CN2CCCO[C@@H](C)C2)cc1. The van der Waals surface area contributed by atoms with Gasteiger partial charge in [-0.05, 0) is 31.0 Å². The Balaban J connectivity index is 1.92. The van der Waals surface area contributed by atoms with Gasteiger partial charge in [-0.25, -0.2) is 0 Å². The van der Waals surface area contributed by atoms with Crippen LogP contribution in [-0.2, 0) is 16.1 Å². The Bertz CT molecular complexity index is 417. The molecule has 0 aromatic heterocycles. The van der Waals surface area contributed by atoms with E-state index < -0.39 is 0 Å². The molecule has 1 aromatic carbocycles. The number of rotatable bonds is 3. The maximum atomic E-state index is 11.0. The van der Waals surface area contributed by atoms with Gasteiger partial charge in [0, 0.05) is 38.9 Å². The molecule has 1 atom stereocenters. The van der Waals surface area contributed by atoms with Crippen molar-refractivity contribution in [2.75, 3.05) is 25.0 Å². The Hall–Kier alpha value is -1.39. The summed E-state index contributed by atoms with van der Waals surface area (Å²) < 4.78 is 5.64. The van der Waals surface area contributed by atoms with E-state index in [2.05, 4.69) is 29.3 Å². The van der Waals surface area contributed by atoms with Gasteiger partial charge in [0.2, 0.25) is 5.91 Å². The van der Waals surface area contributed by atoms with E-state index >= 15 is 0 Å². The lowest BCUT2D eigenvalue weighted by Crippen LogP contribution is -2.29. The summed E-state index contributed by atoms with van der Waals surface area (Å²) in [6.07, 6.45) is 1.40. The average Bonchev–Trinajstić information content (AvgIpc) is 2.55. The molecule has 0 radical (unpaired) electrons. The summed E-state index contributed by atoms with van der Waals surface area (Å²) in [6.45, 7) is 7.50. The number of anilines is 1. The van der Waals surface area contributed by atoms with Crippen LogP contribution in [0.3, 0.4) is 0 Å². The standard InChI is InChI=1S/C15H22N2O2/c1-12-10-17(8-3-9-19-12)11-14-4-6-15(7-5-14)16-13(2)18/h4-7,12H,3,8-11H2,1-2H3,(H,16,18)/t12-/m0/s1. The van der Waals surface area contributed by atoms with Crippen LogP contribution in [0.15, 0.2) is 24.3 Å². The lowest BCUT2D eigenvalue weighted by molar-refractivity contribution is -0.114. The summed E-state index contributed by atoms with van der Waals surface area (Å²) in [5, 5.41) is 2.78. The van der Waals surface area contributed by atoms with E-state index in [4.69, 9.17) is 4.74 Å². The average molecular weight is 262 g/mol. The summed E-state index contributed by atoms with van der Waals surface area (Å²) in [4.78, 5) is 13.4. The number of nitrogens with zero attached hydrogens (tertiary/aromatic N) is 1. The van der Waals surface area contributed by atoms with Gasteiger partial charge in [-0.15, -0.1) is 0 Å². The molecule has 1 fully saturated rings. The van der Waals surface area contributed by atoms with E-state index in [1.165, 1.54) is 12.5 Å². The van der Waals surface area contributed by atoms with E-state index in [0.29, 0.717) is 6.10 Å². The molecule has 1 aliphatic heterocycles. The molecule has 0 unspecified atom stereocenters. The Morgan fingerprint density at radius 3 is 2.84 bits per heavy atom. The molecule has 0 saturated carbocycles. The lowest BCUT2D eigenvalue weighted by atomic mass is 10.2. The van der Waals surface area contributed by atoms with Crippen LogP contribution < -0.4 is 5.32 Å². The van der Waals surface area contributed by atoms with Crippen LogP contribution in [0, 0.1) is 0 Å². The van der Waals surface area contributed by atoms with Gasteiger partial charge in [-0.2, -0.15) is 0 Å². The predicted octanol–water partition coefficient (Wildman–Crippen LogP) is 2.26. The number of ether oxygens (including phenoxy) is 1. The highest BCUT2D eigenvalue weighted by Gasteiger charge is 2.14. The minimum atomic E-state index is -0.0359. The number of amides is 1. The first kappa shape index (κ1) is 14.0. The van der Waals surface area contributed by atoms with Crippen molar-refractivity contribution < 1.29 is 9.53 Å². The molecule has 1 heterocycles. The number of carbonyl (C=O) groups excluding carboxylic acids is 1. The number of hydrogen-bond donors (Lipinski definition) is 1. The quantitative estimate of drug-likeness (QED) is 0.908. The Morgan fingerprint density at radius 2 is 2.16 bits per heavy atom. The molecule has 0 bridgehead atoms. The van der Waals surface area contributed by atoms with Crippen molar-refractivity contribution in [3.63, 3.8) is 0 Å². The molecule has 1 saturated heterocycles. The van der Waals surface area contributed by atoms with Gasteiger partial charge in [0.1, 0.15) is 0 Å². The van der Waals surface area contributed by atoms with Crippen LogP contribution in [-0.4, -0.2) is 36.6 Å². The molecule has 4 nitrogen and oxygen atoms in total. The maximum Gasteiger partial charge on any atom is 0.221 e. The third-order valence-corrected chi connectivity index (χ3v) is 3.22. The number of carbonyl (C=O) groups is 1. The second kappa shape index (κ2) is 6.68. The van der Waals surface area contributed by atoms with Gasteiger partial charge in [-0.3, -0.25) is 9.69 Å². The van der Waals surface area contributed by atoms with Gasteiger partial charge in [0.25, 0.3) is 0 Å². The van der Waals surface area contributed by atoms with Crippen molar-refractivity contribution in [1.29, 1.82) is 0 Å². The second-order valence-corrected chi connectivity index (χ2v) is 5.15. The van der Waals surface area contributed by atoms with Crippen molar-refractivity contribution in [3.8, 4) is 0 Å². The Labute approximate surface area is 114 Å². The molecule has 104 valence electrons. The maximum absolute atomic E-state index is 11.0. The molecule has 1 N–H and O–H groups in total. The van der Waals surface area contributed by atoms with Crippen molar-refractivity contribution in [3.05, 3.63) is 29.8 Å². The van der Waals surface area contributed by atoms with E-state index in [9.17, 15) is 4.79 Å². The molecular formula is C15H22N2O2. The highest BCUT2D eigenvalue weighted by molar-refractivity contribution is 5.88. The molecular weight excluding hydrogens is 240 g/mol. The number of benzene rings is 1. The number of nitrogens with one attached hydrogen (secondary N) is 1. The zero-order valence-corrected chi connectivity index (χ0v) is 11.7.